The Balaban J connectivity index is 1.54. The van der Waals surface area contributed by atoms with Crippen LogP contribution in [0.1, 0.15) is 12.0 Å². The first-order chi connectivity index (χ1) is 11.2. The highest BCUT2D eigenvalue weighted by Crippen LogP contribution is 2.27. The summed E-state index contributed by atoms with van der Waals surface area (Å²) in [6, 6.07) is 17.2. The summed E-state index contributed by atoms with van der Waals surface area (Å²) in [5.74, 6) is 0.159. The molecule has 2 aromatic carbocycles. The van der Waals surface area contributed by atoms with Crippen LogP contribution in [0.2, 0.25) is 0 Å². The smallest absolute Gasteiger partial charge is 0.237 e. The van der Waals surface area contributed by atoms with Crippen LogP contribution in [0.4, 0.5) is 11.4 Å². The zero-order chi connectivity index (χ0) is 16.1. The molecular weight excluding hydrogens is 308 g/mol. The summed E-state index contributed by atoms with van der Waals surface area (Å²) < 4.78 is 0. The highest BCUT2D eigenvalue weighted by molar-refractivity contribution is 8.01. The fraction of sp³-hybridized carbons (Fsp3) is 0.222. The number of fused-ring (bicyclic) bond motifs is 1. The van der Waals surface area contributed by atoms with Gasteiger partial charge in [-0.25, -0.2) is 0 Å². The van der Waals surface area contributed by atoms with Crippen LogP contribution in [0, 0.1) is 0 Å². The fourth-order valence-corrected chi connectivity index (χ4v) is 3.46. The van der Waals surface area contributed by atoms with Crippen molar-refractivity contribution in [1.82, 2.24) is 0 Å². The Morgan fingerprint density at radius 2 is 1.87 bits per heavy atom. The van der Waals surface area contributed by atoms with Crippen molar-refractivity contribution in [2.75, 3.05) is 16.4 Å². The first-order valence-electron chi connectivity index (χ1n) is 7.57. The standard InChI is InChI=1S/C18H18N2O2S/c21-17(19-14-7-2-1-3-8-14)12-23-16-11-10-13-6-4-5-9-15(13)20-18(16)22/h1-9,16H,10-12H2,(H,19,21)(H,20,22)/t16-/m1/s1. The lowest BCUT2D eigenvalue weighted by molar-refractivity contribution is -0.115. The molecule has 118 valence electrons. The Morgan fingerprint density at radius 3 is 2.70 bits per heavy atom. The molecule has 3 rings (SSSR count). The number of aryl methyl sites for hydroxylation is 1. The van der Waals surface area contributed by atoms with E-state index in [-0.39, 0.29) is 22.8 Å². The van der Waals surface area contributed by atoms with E-state index < -0.39 is 0 Å². The summed E-state index contributed by atoms with van der Waals surface area (Å²) in [5, 5.41) is 5.59. The third kappa shape index (κ3) is 4.13. The second-order valence-corrected chi connectivity index (χ2v) is 6.59. The van der Waals surface area contributed by atoms with Gasteiger partial charge in [0.25, 0.3) is 0 Å². The molecule has 1 atom stereocenters. The van der Waals surface area contributed by atoms with E-state index in [1.54, 1.807) is 0 Å². The van der Waals surface area contributed by atoms with Crippen molar-refractivity contribution in [2.24, 2.45) is 0 Å². The quantitative estimate of drug-likeness (QED) is 0.906. The van der Waals surface area contributed by atoms with Crippen molar-refractivity contribution in [3.05, 3.63) is 60.2 Å². The molecule has 0 aromatic heterocycles. The Labute approximate surface area is 139 Å². The molecule has 4 nitrogen and oxygen atoms in total. The van der Waals surface area contributed by atoms with Gasteiger partial charge in [0.15, 0.2) is 0 Å². The molecule has 0 bridgehead atoms. The van der Waals surface area contributed by atoms with Crippen LogP contribution < -0.4 is 10.6 Å². The fourth-order valence-electron chi connectivity index (χ4n) is 2.55. The second kappa shape index (κ2) is 7.33. The molecule has 0 fully saturated rings. The summed E-state index contributed by atoms with van der Waals surface area (Å²) in [7, 11) is 0. The van der Waals surface area contributed by atoms with Crippen LogP contribution in [0.15, 0.2) is 54.6 Å². The third-order valence-electron chi connectivity index (χ3n) is 3.72. The lowest BCUT2D eigenvalue weighted by Gasteiger charge is -2.12. The Morgan fingerprint density at radius 1 is 1.13 bits per heavy atom. The minimum Gasteiger partial charge on any atom is -0.325 e. The van der Waals surface area contributed by atoms with Gasteiger partial charge in [-0.2, -0.15) is 0 Å². The number of thioether (sulfide) groups is 1. The summed E-state index contributed by atoms with van der Waals surface area (Å²) in [6.45, 7) is 0. The van der Waals surface area contributed by atoms with Gasteiger partial charge in [-0.15, -0.1) is 11.8 Å². The summed E-state index contributed by atoms with van der Waals surface area (Å²) in [4.78, 5) is 24.3. The minimum atomic E-state index is -0.205. The molecule has 1 aliphatic rings. The van der Waals surface area contributed by atoms with Crippen LogP contribution in [0.3, 0.4) is 0 Å². The summed E-state index contributed by atoms with van der Waals surface area (Å²) in [5.41, 5.74) is 2.81. The van der Waals surface area contributed by atoms with E-state index in [1.165, 1.54) is 11.8 Å². The van der Waals surface area contributed by atoms with E-state index in [0.717, 1.165) is 29.8 Å². The molecule has 0 spiro atoms. The number of para-hydroxylation sites is 2. The van der Waals surface area contributed by atoms with Crippen molar-refractivity contribution < 1.29 is 9.59 Å². The molecule has 2 aromatic rings. The topological polar surface area (TPSA) is 58.2 Å². The van der Waals surface area contributed by atoms with Crippen molar-refractivity contribution in [1.29, 1.82) is 0 Å². The van der Waals surface area contributed by atoms with E-state index >= 15 is 0 Å². The van der Waals surface area contributed by atoms with Gasteiger partial charge in [0, 0.05) is 11.4 Å². The van der Waals surface area contributed by atoms with E-state index in [4.69, 9.17) is 0 Å². The number of rotatable bonds is 4. The van der Waals surface area contributed by atoms with Crippen LogP contribution in [-0.4, -0.2) is 22.8 Å². The number of carbonyl (C=O) groups is 2. The highest BCUT2D eigenvalue weighted by Gasteiger charge is 2.24. The van der Waals surface area contributed by atoms with Crippen molar-refractivity contribution in [3.63, 3.8) is 0 Å². The number of anilines is 2. The van der Waals surface area contributed by atoms with Crippen molar-refractivity contribution in [2.45, 2.75) is 18.1 Å². The molecule has 0 saturated heterocycles. The average Bonchev–Trinajstić information content (AvgIpc) is 2.72. The molecular formula is C18H18N2O2S. The molecule has 0 radical (unpaired) electrons. The van der Waals surface area contributed by atoms with Crippen molar-refractivity contribution in [3.8, 4) is 0 Å². The third-order valence-corrected chi connectivity index (χ3v) is 5.00. The number of amides is 2. The van der Waals surface area contributed by atoms with Gasteiger partial charge in [-0.3, -0.25) is 9.59 Å². The molecule has 0 aliphatic carbocycles. The predicted molar refractivity (Wildman–Crippen MR) is 94.7 cm³/mol. The predicted octanol–water partition coefficient (Wildman–Crippen LogP) is 3.31. The largest absolute Gasteiger partial charge is 0.325 e. The van der Waals surface area contributed by atoms with Gasteiger partial charge in [-0.05, 0) is 36.6 Å². The average molecular weight is 326 g/mol. The molecule has 2 N–H and O–H groups in total. The molecule has 2 amide bonds. The number of carbonyl (C=O) groups excluding carboxylic acids is 2. The Hall–Kier alpha value is -2.27. The number of nitrogens with one attached hydrogen (secondary N) is 2. The molecule has 0 saturated carbocycles. The summed E-state index contributed by atoms with van der Waals surface area (Å²) >= 11 is 1.39. The van der Waals surface area contributed by atoms with Gasteiger partial charge in [-0.1, -0.05) is 36.4 Å². The van der Waals surface area contributed by atoms with E-state index in [1.807, 2.05) is 54.6 Å². The minimum absolute atomic E-state index is 0.0209. The maximum atomic E-state index is 12.3. The van der Waals surface area contributed by atoms with Crippen LogP contribution in [-0.2, 0) is 16.0 Å². The SMILES string of the molecule is O=C(CS[C@@H]1CCc2ccccc2NC1=O)Nc1ccccc1. The van der Waals surface area contributed by atoms with Crippen molar-refractivity contribution >= 4 is 35.0 Å². The van der Waals surface area contributed by atoms with Crippen LogP contribution in [0.25, 0.3) is 0 Å². The summed E-state index contributed by atoms with van der Waals surface area (Å²) in [6.07, 6.45) is 1.58. The van der Waals surface area contributed by atoms with Crippen LogP contribution in [0.5, 0.6) is 0 Å². The van der Waals surface area contributed by atoms with Gasteiger partial charge in [0.1, 0.15) is 0 Å². The molecule has 1 heterocycles. The van der Waals surface area contributed by atoms with Gasteiger partial charge >= 0.3 is 0 Å². The monoisotopic (exact) mass is 326 g/mol. The Bertz CT molecular complexity index is 703. The number of hydrogen-bond donors (Lipinski definition) is 2. The number of hydrogen-bond acceptors (Lipinski definition) is 3. The normalized spacial score (nSPS) is 16.9. The molecule has 1 aliphatic heterocycles. The first kappa shape index (κ1) is 15.6. The van der Waals surface area contributed by atoms with E-state index in [9.17, 15) is 9.59 Å². The lowest BCUT2D eigenvalue weighted by Crippen LogP contribution is -2.26. The van der Waals surface area contributed by atoms with E-state index in [0.29, 0.717) is 0 Å². The first-order valence-corrected chi connectivity index (χ1v) is 8.62. The maximum absolute atomic E-state index is 12.3. The lowest BCUT2D eigenvalue weighted by atomic mass is 10.1. The Kier molecular flexibility index (Phi) is 4.98. The van der Waals surface area contributed by atoms with Gasteiger partial charge < -0.3 is 10.6 Å². The molecule has 23 heavy (non-hydrogen) atoms. The highest BCUT2D eigenvalue weighted by atomic mass is 32.2. The number of benzene rings is 2. The van der Waals surface area contributed by atoms with Gasteiger partial charge in [0.2, 0.25) is 11.8 Å². The van der Waals surface area contributed by atoms with Crippen LogP contribution >= 0.6 is 11.8 Å². The maximum Gasteiger partial charge on any atom is 0.237 e. The second-order valence-electron chi connectivity index (χ2n) is 5.40. The molecule has 0 unspecified atom stereocenters. The van der Waals surface area contributed by atoms with E-state index in [2.05, 4.69) is 10.6 Å². The zero-order valence-corrected chi connectivity index (χ0v) is 13.4. The van der Waals surface area contributed by atoms with Gasteiger partial charge in [0.05, 0.1) is 11.0 Å². The zero-order valence-electron chi connectivity index (χ0n) is 12.6. The molecule has 5 heteroatoms.